The lowest BCUT2D eigenvalue weighted by atomic mass is 9.98. The number of piperidine rings is 2. The number of nitrogens with zero attached hydrogens (tertiary/aromatic N) is 2. The third-order valence-corrected chi connectivity index (χ3v) is 8.05. The second-order valence-electron chi connectivity index (χ2n) is 11.1. The van der Waals surface area contributed by atoms with Crippen LogP contribution in [0.4, 0.5) is 0 Å². The molecule has 2 saturated heterocycles. The molecule has 40 heavy (non-hydrogen) atoms. The zero-order chi connectivity index (χ0) is 28.3. The average Bonchev–Trinajstić information content (AvgIpc) is 2.99. The van der Waals surface area contributed by atoms with Gasteiger partial charge in [-0.25, -0.2) is 0 Å². The molecule has 2 atom stereocenters. The molecule has 8 heteroatoms. The summed E-state index contributed by atoms with van der Waals surface area (Å²) >= 11 is 0. The van der Waals surface area contributed by atoms with Crippen molar-refractivity contribution in [3.8, 4) is 5.75 Å². The molecule has 2 aromatic rings. The minimum atomic E-state index is -0.699. The van der Waals surface area contributed by atoms with Gasteiger partial charge in [-0.1, -0.05) is 55.8 Å². The summed E-state index contributed by atoms with van der Waals surface area (Å²) in [4.78, 5) is 42.3. The van der Waals surface area contributed by atoms with Crippen molar-refractivity contribution in [2.45, 2.75) is 70.6 Å². The van der Waals surface area contributed by atoms with Crippen LogP contribution in [-0.4, -0.2) is 65.8 Å². The Balaban J connectivity index is 1.36. The molecular weight excluding hydrogens is 504 g/mol. The van der Waals surface area contributed by atoms with Gasteiger partial charge in [-0.2, -0.15) is 0 Å². The molecule has 0 saturated carbocycles. The van der Waals surface area contributed by atoms with E-state index in [2.05, 4.69) is 10.2 Å². The topological polar surface area (TPSA) is 105 Å². The Bertz CT molecular complexity index is 1090. The molecule has 2 aromatic carbocycles. The van der Waals surface area contributed by atoms with Crippen molar-refractivity contribution in [3.05, 3.63) is 72.1 Å². The summed E-state index contributed by atoms with van der Waals surface area (Å²) in [5.41, 5.74) is 7.36. The molecule has 3 amide bonds. The number of ether oxygens (including phenoxy) is 1. The van der Waals surface area contributed by atoms with E-state index in [0.717, 1.165) is 42.8 Å². The zero-order valence-electron chi connectivity index (χ0n) is 23.6. The van der Waals surface area contributed by atoms with E-state index >= 15 is 0 Å². The van der Waals surface area contributed by atoms with E-state index in [-0.39, 0.29) is 18.2 Å². The van der Waals surface area contributed by atoms with Crippen LogP contribution in [0.2, 0.25) is 0 Å². The SMILES string of the molecule is CC(C[CH]C(=O)NC(Cc1ccc(OCc2ccccc2)cc1)C(=O)N1CCC(N2CCCCC2)CC1)C(N)=O. The van der Waals surface area contributed by atoms with Gasteiger partial charge in [-0.3, -0.25) is 14.4 Å². The molecule has 215 valence electrons. The Hall–Kier alpha value is -3.39. The van der Waals surface area contributed by atoms with Gasteiger partial charge in [0.05, 0.1) is 6.42 Å². The number of likely N-dealkylation sites (tertiary alicyclic amines) is 2. The number of hydrogen-bond donors (Lipinski definition) is 2. The molecule has 3 N–H and O–H groups in total. The van der Waals surface area contributed by atoms with Crippen molar-refractivity contribution in [3.63, 3.8) is 0 Å². The average molecular weight is 548 g/mol. The van der Waals surface area contributed by atoms with E-state index in [4.69, 9.17) is 10.5 Å². The van der Waals surface area contributed by atoms with Crippen LogP contribution in [0.5, 0.6) is 5.75 Å². The highest BCUT2D eigenvalue weighted by Gasteiger charge is 2.32. The predicted octanol–water partition coefficient (Wildman–Crippen LogP) is 3.49. The van der Waals surface area contributed by atoms with Gasteiger partial charge >= 0.3 is 0 Å². The fraction of sp³-hybridized carbons (Fsp3) is 0.500. The van der Waals surface area contributed by atoms with Crippen molar-refractivity contribution in [2.24, 2.45) is 11.7 Å². The van der Waals surface area contributed by atoms with Crippen LogP contribution in [0.1, 0.15) is 56.6 Å². The summed E-state index contributed by atoms with van der Waals surface area (Å²) in [6, 6.07) is 17.5. The minimum Gasteiger partial charge on any atom is -0.489 e. The second-order valence-corrected chi connectivity index (χ2v) is 11.1. The van der Waals surface area contributed by atoms with E-state index in [1.54, 1.807) is 6.92 Å². The highest BCUT2D eigenvalue weighted by molar-refractivity contribution is 5.92. The number of amides is 3. The van der Waals surface area contributed by atoms with Gasteiger partial charge in [0.25, 0.3) is 0 Å². The first-order valence-electron chi connectivity index (χ1n) is 14.6. The molecule has 0 aromatic heterocycles. The first-order valence-corrected chi connectivity index (χ1v) is 14.6. The lowest BCUT2D eigenvalue weighted by Gasteiger charge is -2.41. The van der Waals surface area contributed by atoms with Gasteiger partial charge < -0.3 is 25.6 Å². The standard InChI is InChI=1S/C32H43N4O4/c1-24(31(33)38)10-15-30(37)34-29(32(39)36-20-16-27(17-21-36)35-18-6-3-7-19-35)22-25-11-13-28(14-12-25)40-23-26-8-4-2-5-9-26/h2,4-5,8-9,11-15,24,27,29H,3,6-7,10,16-23H2,1H3,(H2,33,38)(H,34,37). The molecule has 0 spiro atoms. The lowest BCUT2D eigenvalue weighted by Crippen LogP contribution is -2.54. The lowest BCUT2D eigenvalue weighted by molar-refractivity contribution is -0.137. The first kappa shape index (κ1) is 29.6. The molecule has 0 aliphatic carbocycles. The molecular formula is C32H43N4O4. The maximum atomic E-state index is 13.7. The first-order chi connectivity index (χ1) is 19.4. The quantitative estimate of drug-likeness (QED) is 0.423. The number of nitrogens with one attached hydrogen (secondary N) is 1. The van der Waals surface area contributed by atoms with Gasteiger partial charge in [-0.15, -0.1) is 0 Å². The molecule has 4 rings (SSSR count). The molecule has 2 fully saturated rings. The highest BCUT2D eigenvalue weighted by Crippen LogP contribution is 2.22. The molecule has 0 bridgehead atoms. The summed E-state index contributed by atoms with van der Waals surface area (Å²) in [6.45, 7) is 5.86. The van der Waals surface area contributed by atoms with Crippen LogP contribution < -0.4 is 15.8 Å². The largest absolute Gasteiger partial charge is 0.489 e. The maximum Gasteiger partial charge on any atom is 0.245 e. The Labute approximate surface area is 238 Å². The number of hydrogen-bond acceptors (Lipinski definition) is 5. The molecule has 1 radical (unpaired) electrons. The predicted molar refractivity (Wildman–Crippen MR) is 155 cm³/mol. The summed E-state index contributed by atoms with van der Waals surface area (Å²) in [6.07, 6.45) is 7.77. The fourth-order valence-electron chi connectivity index (χ4n) is 5.48. The van der Waals surface area contributed by atoms with Crippen LogP contribution in [0.15, 0.2) is 54.6 Å². The fourth-order valence-corrected chi connectivity index (χ4v) is 5.48. The van der Waals surface area contributed by atoms with Gasteiger partial charge in [0, 0.05) is 31.5 Å². The van der Waals surface area contributed by atoms with Crippen LogP contribution in [-0.2, 0) is 27.4 Å². The third kappa shape index (κ3) is 8.81. The number of carbonyl (C=O) groups is 3. The van der Waals surface area contributed by atoms with Crippen molar-refractivity contribution in [1.29, 1.82) is 0 Å². The third-order valence-electron chi connectivity index (χ3n) is 8.05. The number of rotatable bonds is 12. The molecule has 2 unspecified atom stereocenters. The Morgan fingerprint density at radius 3 is 2.27 bits per heavy atom. The Kier molecular flexibility index (Phi) is 11.0. The highest BCUT2D eigenvalue weighted by atomic mass is 16.5. The normalized spacial score (nSPS) is 18.1. The summed E-state index contributed by atoms with van der Waals surface area (Å²) in [5.74, 6) is -0.586. The summed E-state index contributed by atoms with van der Waals surface area (Å²) in [5, 5.41) is 2.91. The molecule has 2 aliphatic heterocycles. The van der Waals surface area contributed by atoms with Gasteiger partial charge in [0.15, 0.2) is 0 Å². The van der Waals surface area contributed by atoms with Crippen molar-refractivity contribution < 1.29 is 19.1 Å². The van der Waals surface area contributed by atoms with Gasteiger partial charge in [0.2, 0.25) is 17.7 Å². The maximum absolute atomic E-state index is 13.7. The smallest absolute Gasteiger partial charge is 0.245 e. The van der Waals surface area contributed by atoms with E-state index in [1.165, 1.54) is 25.7 Å². The van der Waals surface area contributed by atoms with Crippen molar-refractivity contribution >= 4 is 17.7 Å². The Morgan fingerprint density at radius 1 is 0.950 bits per heavy atom. The number of benzene rings is 2. The number of carbonyl (C=O) groups excluding carboxylic acids is 3. The molecule has 2 aliphatic rings. The van der Waals surface area contributed by atoms with Crippen LogP contribution >= 0.6 is 0 Å². The van der Waals surface area contributed by atoms with Crippen LogP contribution in [0.3, 0.4) is 0 Å². The van der Waals surface area contributed by atoms with Gasteiger partial charge in [0.1, 0.15) is 18.4 Å². The van der Waals surface area contributed by atoms with Crippen molar-refractivity contribution in [2.75, 3.05) is 26.2 Å². The van der Waals surface area contributed by atoms with Gasteiger partial charge in [-0.05, 0) is 68.5 Å². The summed E-state index contributed by atoms with van der Waals surface area (Å²) in [7, 11) is 0. The van der Waals surface area contributed by atoms with E-state index in [0.29, 0.717) is 32.2 Å². The van der Waals surface area contributed by atoms with Crippen molar-refractivity contribution in [1.82, 2.24) is 15.1 Å². The van der Waals surface area contributed by atoms with Crippen LogP contribution in [0.25, 0.3) is 0 Å². The minimum absolute atomic E-state index is 0.0637. The second kappa shape index (κ2) is 14.8. The molecule has 8 nitrogen and oxygen atoms in total. The van der Waals surface area contributed by atoms with Crippen LogP contribution in [0, 0.1) is 12.3 Å². The summed E-state index contributed by atoms with van der Waals surface area (Å²) < 4.78 is 5.90. The van der Waals surface area contributed by atoms with E-state index in [1.807, 2.05) is 59.5 Å². The van der Waals surface area contributed by atoms with E-state index < -0.39 is 17.9 Å². The number of primary amides is 1. The molecule has 2 heterocycles. The number of nitrogens with two attached hydrogens (primary N) is 1. The Morgan fingerprint density at radius 2 is 1.62 bits per heavy atom. The van der Waals surface area contributed by atoms with E-state index in [9.17, 15) is 14.4 Å². The monoisotopic (exact) mass is 547 g/mol. The zero-order valence-corrected chi connectivity index (χ0v) is 23.6.